The summed E-state index contributed by atoms with van der Waals surface area (Å²) < 4.78 is 5.73. The van der Waals surface area contributed by atoms with Crippen LogP contribution in [0.4, 0.5) is 4.79 Å². The Balaban J connectivity index is 1.11. The van der Waals surface area contributed by atoms with Crippen molar-refractivity contribution in [2.75, 3.05) is 32.9 Å². The molecule has 48 heteroatoms. The highest BCUT2D eigenvalue weighted by molar-refractivity contribution is 6.03. The number of carboxylic acid groups (broad SMARTS) is 4. The number of fused-ring (bicyclic) bond motifs is 3. The van der Waals surface area contributed by atoms with E-state index >= 15 is 0 Å². The van der Waals surface area contributed by atoms with Gasteiger partial charge >= 0.3 is 30.0 Å². The fraction of sp³-hybridized carbons (Fsp3) is 0.485. The number of rotatable bonds is 59. The average molecular weight is 2030 g/mol. The monoisotopic (exact) mass is 2030 g/mol. The smallest absolute Gasteiger partial charge is 0.407 e. The summed E-state index contributed by atoms with van der Waals surface area (Å²) in [4.78, 5) is 274. The van der Waals surface area contributed by atoms with Gasteiger partial charge in [0, 0.05) is 31.6 Å². The van der Waals surface area contributed by atoms with E-state index in [1.54, 1.807) is 26.8 Å². The van der Waals surface area contributed by atoms with Gasteiger partial charge in [0.25, 0.3) is 0 Å². The van der Waals surface area contributed by atoms with E-state index in [1.807, 2.05) is 48.5 Å². The first-order valence-electron chi connectivity index (χ1n) is 46.7. The standard InChI is InChI=1S/C97H131N17O31/c1-11-50(4)77(91(139)114-97(9,10)94(143)108-65(39-49(2)3)81(129)102-69(43-75(124)125)83(131)100-64(92(140)141)27-19-20-38-98)111-87(135)72(47-116)105-82(130)66(41-54-28-32-56(119)33-29-54)101-84(132)70(44-76(126)127)103-86(134)71(46-115)106-90(138)79(52(6)118)112-85(133)67(40-53-21-13-12-14-22-53)104-89(137)78(51(5)117)110-73(121)45-99-80(128)63(36-37-74(122)123)107-93(142)96(7,8)113-88(136)68(42-55-30-34-57(120)35-31-55)109-95(144)145-48-62-60-25-17-15-23-58(60)59-24-16-18-26-61(59)62/h12-18,21-26,28-35,49-52,62-72,77-79,115-120H,11,19-20,27,36-48,98H2,1-10H3,(H,99,128)(H,100,131)(H,101,132)(H,102,129)(H,103,134)(H,104,137)(H,105,130)(H,106,138)(H,107,142)(H,108,143)(H,109,144)(H,110,121)(H,111,135)(H,112,133)(H,113,136)(H,114,139)(H,122,123)(H,124,125)(H,126,127)(H,140,141)/t50-,51+,52+,63-,64-,65-,66-,67-,68-,69-,70-,71-,72-,77-,78-,79-/m0/s1. The number of benzene rings is 5. The summed E-state index contributed by atoms with van der Waals surface area (Å²) in [7, 11) is 0. The molecule has 790 valence electrons. The Bertz CT molecular complexity index is 5350. The van der Waals surface area contributed by atoms with Crippen molar-refractivity contribution >= 4 is 119 Å². The maximum Gasteiger partial charge on any atom is 0.407 e. The van der Waals surface area contributed by atoms with Crippen LogP contribution in [-0.2, 0) is 115 Å². The van der Waals surface area contributed by atoms with Crippen LogP contribution in [0.2, 0.25) is 0 Å². The first-order valence-corrected chi connectivity index (χ1v) is 46.7. The van der Waals surface area contributed by atoms with E-state index in [0.717, 1.165) is 36.1 Å². The molecule has 0 saturated carbocycles. The molecule has 0 spiro atoms. The van der Waals surface area contributed by atoms with E-state index in [9.17, 15) is 147 Å². The van der Waals surface area contributed by atoms with Gasteiger partial charge in [-0.05, 0) is 155 Å². The highest BCUT2D eigenvalue weighted by Crippen LogP contribution is 2.44. The Kier molecular flexibility index (Phi) is 46.2. The van der Waals surface area contributed by atoms with Gasteiger partial charge in [0.2, 0.25) is 88.6 Å². The van der Waals surface area contributed by atoms with Gasteiger partial charge in [0.05, 0.1) is 44.8 Å². The van der Waals surface area contributed by atoms with E-state index in [-0.39, 0.29) is 74.2 Å². The maximum atomic E-state index is 14.5. The van der Waals surface area contributed by atoms with Crippen LogP contribution < -0.4 is 90.8 Å². The van der Waals surface area contributed by atoms with Crippen molar-refractivity contribution in [3.63, 3.8) is 0 Å². The number of aliphatic carboxylic acids is 4. The first kappa shape index (κ1) is 118. The third-order valence-electron chi connectivity index (χ3n) is 23.4. The Morgan fingerprint density at radius 3 is 1.23 bits per heavy atom. The summed E-state index contributed by atoms with van der Waals surface area (Å²) in [6.07, 6.45) is -9.07. The molecule has 28 N–H and O–H groups in total. The molecular formula is C97H131N17O31. The van der Waals surface area contributed by atoms with Crippen LogP contribution in [0.1, 0.15) is 161 Å². The zero-order valence-electron chi connectivity index (χ0n) is 81.7. The third kappa shape index (κ3) is 37.5. The summed E-state index contributed by atoms with van der Waals surface area (Å²) in [5.74, 6) is -26.4. The summed E-state index contributed by atoms with van der Waals surface area (Å²) in [6, 6.07) is 9.41. The number of ether oxygens (including phenoxy) is 1. The van der Waals surface area contributed by atoms with Crippen LogP contribution in [0.3, 0.4) is 0 Å². The maximum absolute atomic E-state index is 14.5. The second kappa shape index (κ2) is 56.5. The highest BCUT2D eigenvalue weighted by Gasteiger charge is 2.44. The van der Waals surface area contributed by atoms with E-state index in [2.05, 4.69) is 85.1 Å². The number of carbonyl (C=O) groups is 20. The van der Waals surface area contributed by atoms with E-state index in [4.69, 9.17) is 10.5 Å². The molecule has 1 aliphatic rings. The number of nitrogens with two attached hydrogens (primary N) is 1. The van der Waals surface area contributed by atoms with Crippen LogP contribution in [0.15, 0.2) is 127 Å². The highest BCUT2D eigenvalue weighted by atomic mass is 16.5. The number of hydrogen-bond donors (Lipinski definition) is 27. The molecule has 16 atom stereocenters. The lowest BCUT2D eigenvalue weighted by molar-refractivity contribution is -0.144. The Morgan fingerprint density at radius 2 is 0.772 bits per heavy atom. The number of aliphatic hydroxyl groups excluding tert-OH is 4. The molecule has 5 aromatic carbocycles. The second-order valence-corrected chi connectivity index (χ2v) is 36.5. The minimum atomic E-state index is -2.24. The van der Waals surface area contributed by atoms with Gasteiger partial charge in [-0.15, -0.1) is 0 Å². The number of phenols is 2. The SMILES string of the molecule is CC[C@H](C)[C@H](NC(=O)[C@H](CO)NC(=O)[C@H](Cc1ccc(O)cc1)NC(=O)[C@H](CC(=O)O)NC(=O)[C@H](CO)NC(=O)[C@@H](NC(=O)[C@H](Cc1ccccc1)NC(=O)[C@@H](NC(=O)CNC(=O)[C@H](CCC(=O)O)NC(=O)C(C)(C)NC(=O)[C@H](Cc1ccc(O)cc1)NC(=O)OCC1c2ccccc2-c2ccccc21)[C@@H](C)O)[C@@H](C)O)C(=O)NC(C)(C)C(=O)N[C@@H](CC(C)C)C(=O)N[C@@H](CC(=O)O)C(=O)N[C@@H](CCCCN)C(=O)O. The van der Waals surface area contributed by atoms with Crippen molar-refractivity contribution in [2.24, 2.45) is 17.6 Å². The number of hydrogen-bond acceptors (Lipinski definition) is 28. The van der Waals surface area contributed by atoms with Crippen molar-refractivity contribution in [1.82, 2.24) is 85.1 Å². The normalized spacial score (nSPS) is 15.0. The molecule has 0 radical (unpaired) electrons. The Morgan fingerprint density at radius 1 is 0.386 bits per heavy atom. The van der Waals surface area contributed by atoms with Gasteiger partial charge in [-0.1, -0.05) is 137 Å². The quantitative estimate of drug-likeness (QED) is 0.0169. The lowest BCUT2D eigenvalue weighted by Crippen LogP contribution is -2.64. The number of nitrogens with one attached hydrogen (secondary N) is 16. The predicted molar refractivity (Wildman–Crippen MR) is 515 cm³/mol. The molecule has 0 heterocycles. The molecule has 6 rings (SSSR count). The fourth-order valence-electron chi connectivity index (χ4n) is 15.1. The van der Waals surface area contributed by atoms with Crippen molar-refractivity contribution < 1.29 is 152 Å². The number of carbonyl (C=O) groups excluding carboxylic acids is 16. The largest absolute Gasteiger partial charge is 0.508 e. The molecule has 145 heavy (non-hydrogen) atoms. The average Bonchev–Trinajstić information content (AvgIpc) is 1.61. The number of phenolic OH excluding ortho intramolecular Hbond substituents is 2. The topological polar surface area (TPSA) is 771 Å². The molecule has 0 aliphatic heterocycles. The van der Waals surface area contributed by atoms with Crippen molar-refractivity contribution in [3.8, 4) is 22.6 Å². The molecule has 48 nitrogen and oxygen atoms in total. The number of alkyl carbamates (subject to hydrolysis) is 1. The van der Waals surface area contributed by atoms with E-state index in [1.165, 1.54) is 107 Å². The lowest BCUT2D eigenvalue weighted by atomic mass is 9.95. The summed E-state index contributed by atoms with van der Waals surface area (Å²) in [5.41, 5.74) is 6.23. The van der Waals surface area contributed by atoms with E-state index in [0.29, 0.717) is 17.5 Å². The van der Waals surface area contributed by atoms with Crippen LogP contribution in [0, 0.1) is 11.8 Å². The third-order valence-corrected chi connectivity index (χ3v) is 23.4. The van der Waals surface area contributed by atoms with Crippen molar-refractivity contribution in [2.45, 2.75) is 254 Å². The molecule has 0 bridgehead atoms. The number of carboxylic acids is 4. The van der Waals surface area contributed by atoms with Crippen LogP contribution in [0.5, 0.6) is 11.5 Å². The van der Waals surface area contributed by atoms with Crippen molar-refractivity contribution in [1.29, 1.82) is 0 Å². The number of amides is 16. The zero-order valence-corrected chi connectivity index (χ0v) is 81.7. The summed E-state index contributed by atoms with van der Waals surface area (Å²) in [5, 5.41) is 140. The Labute approximate surface area is 834 Å². The fourth-order valence-corrected chi connectivity index (χ4v) is 15.1. The van der Waals surface area contributed by atoms with Gasteiger partial charge in [-0.3, -0.25) is 86.3 Å². The number of aliphatic hydroxyl groups is 4. The minimum absolute atomic E-state index is 0.0856. The van der Waals surface area contributed by atoms with Gasteiger partial charge in [-0.25, -0.2) is 9.59 Å². The molecule has 0 fully saturated rings. The van der Waals surface area contributed by atoms with E-state index < -0.39 is 285 Å². The van der Waals surface area contributed by atoms with Gasteiger partial charge < -0.3 is 147 Å². The first-order chi connectivity index (χ1) is 68.3. The molecule has 0 unspecified atom stereocenters. The molecule has 0 aromatic heterocycles. The predicted octanol–water partition coefficient (Wildman–Crippen LogP) is -3.38. The molecule has 16 amide bonds. The molecular weight excluding hydrogens is 1900 g/mol. The minimum Gasteiger partial charge on any atom is -0.508 e. The van der Waals surface area contributed by atoms with Crippen LogP contribution in [-0.4, -0.2) is 304 Å². The summed E-state index contributed by atoms with van der Waals surface area (Å²) in [6.45, 7) is 9.77. The summed E-state index contributed by atoms with van der Waals surface area (Å²) >= 11 is 0. The second-order valence-electron chi connectivity index (χ2n) is 36.5. The van der Waals surface area contributed by atoms with Crippen molar-refractivity contribution in [3.05, 3.63) is 155 Å². The van der Waals surface area contributed by atoms with Crippen LogP contribution in [0.25, 0.3) is 11.1 Å². The molecule has 1 aliphatic carbocycles. The van der Waals surface area contributed by atoms with Crippen LogP contribution >= 0.6 is 0 Å². The number of unbranched alkanes of at least 4 members (excludes halogenated alkanes) is 1. The van der Waals surface area contributed by atoms with Gasteiger partial charge in [0.15, 0.2) is 0 Å². The Hall–Kier alpha value is -15.3. The molecule has 5 aromatic rings. The van der Waals surface area contributed by atoms with Gasteiger partial charge in [0.1, 0.15) is 108 Å². The number of aromatic hydroxyl groups is 2. The zero-order chi connectivity index (χ0) is 108. The molecule has 0 saturated heterocycles. The lowest BCUT2D eigenvalue weighted by Gasteiger charge is -2.32. The van der Waals surface area contributed by atoms with Gasteiger partial charge in [-0.2, -0.15) is 0 Å².